The van der Waals surface area contributed by atoms with Crippen LogP contribution >= 0.6 is 0 Å². The van der Waals surface area contributed by atoms with E-state index in [-0.39, 0.29) is 5.56 Å². The Bertz CT molecular complexity index is 1080. The molecule has 3 fully saturated rings. The monoisotopic (exact) mass is 494 g/mol. The number of aromatic amines is 1. The molecule has 0 spiro atoms. The molecule has 5 rings (SSSR count). The summed E-state index contributed by atoms with van der Waals surface area (Å²) in [5.41, 5.74) is 4.15. The second-order valence-corrected chi connectivity index (χ2v) is 10.5. The predicted octanol–water partition coefficient (Wildman–Crippen LogP) is 2.01. The first-order chi connectivity index (χ1) is 17.5. The molecule has 3 aliphatic rings. The maximum atomic E-state index is 12.8. The number of likely N-dealkylation sites (N-methyl/N-ethyl adjacent to an activating group) is 1. The number of hydrogen-bond acceptors (Lipinski definition) is 8. The summed E-state index contributed by atoms with van der Waals surface area (Å²) in [6.45, 7) is 14.8. The van der Waals surface area contributed by atoms with Crippen molar-refractivity contribution in [2.75, 3.05) is 87.6 Å². The van der Waals surface area contributed by atoms with Gasteiger partial charge in [0, 0.05) is 82.9 Å². The van der Waals surface area contributed by atoms with Crippen LogP contribution in [0, 0.1) is 6.92 Å². The number of piperazine rings is 2. The van der Waals surface area contributed by atoms with Gasteiger partial charge in [0.25, 0.3) is 5.56 Å². The van der Waals surface area contributed by atoms with E-state index in [1.165, 1.54) is 50.3 Å². The normalized spacial score (nSPS) is 20.6. The standard InChI is InChI=1S/C27H42N8O/c1-4-23-26(35-13-9-28-10-14-35)31-25(27(36)30-23)29-21-5-6-24(20(2)19-21)34-11-7-22(8-12-34)33-17-15-32(3)16-18-33/h5-6,19,22,28H,4,7-18H2,1-3H3,(H,29,31)(H,30,36). The summed E-state index contributed by atoms with van der Waals surface area (Å²) < 4.78 is 0. The van der Waals surface area contributed by atoms with Gasteiger partial charge in [0.1, 0.15) is 0 Å². The van der Waals surface area contributed by atoms with Crippen LogP contribution in [-0.4, -0.2) is 98.3 Å². The van der Waals surface area contributed by atoms with E-state index in [1.54, 1.807) is 0 Å². The molecule has 2 aromatic rings. The lowest BCUT2D eigenvalue weighted by atomic mass is 10.0. The molecule has 3 aliphatic heterocycles. The number of aryl methyl sites for hydroxylation is 2. The van der Waals surface area contributed by atoms with E-state index in [2.05, 4.69) is 74.3 Å². The van der Waals surface area contributed by atoms with Crippen LogP contribution in [0.25, 0.3) is 0 Å². The number of rotatable bonds is 6. The van der Waals surface area contributed by atoms with Crippen molar-refractivity contribution >= 4 is 23.0 Å². The minimum Gasteiger partial charge on any atom is -0.371 e. The molecule has 0 bridgehead atoms. The number of nitrogens with zero attached hydrogens (tertiary/aromatic N) is 5. The molecule has 196 valence electrons. The third kappa shape index (κ3) is 5.53. The summed E-state index contributed by atoms with van der Waals surface area (Å²) in [5, 5.41) is 6.68. The maximum absolute atomic E-state index is 12.8. The number of anilines is 4. The summed E-state index contributed by atoms with van der Waals surface area (Å²) >= 11 is 0. The Labute approximate surface area is 214 Å². The Balaban J connectivity index is 1.25. The van der Waals surface area contributed by atoms with Crippen molar-refractivity contribution < 1.29 is 0 Å². The molecule has 36 heavy (non-hydrogen) atoms. The molecule has 9 nitrogen and oxygen atoms in total. The van der Waals surface area contributed by atoms with Crippen LogP contribution in [-0.2, 0) is 6.42 Å². The van der Waals surface area contributed by atoms with Crippen LogP contribution in [0.15, 0.2) is 23.0 Å². The van der Waals surface area contributed by atoms with E-state index in [1.807, 2.05) is 0 Å². The first-order valence-electron chi connectivity index (χ1n) is 13.7. The molecular weight excluding hydrogens is 452 g/mol. The van der Waals surface area contributed by atoms with E-state index in [4.69, 9.17) is 4.98 Å². The van der Waals surface area contributed by atoms with E-state index < -0.39 is 0 Å². The second kappa shape index (κ2) is 11.2. The number of benzene rings is 1. The molecule has 0 atom stereocenters. The Hall–Kier alpha value is -2.62. The van der Waals surface area contributed by atoms with Gasteiger partial charge in [-0.1, -0.05) is 6.92 Å². The second-order valence-electron chi connectivity index (χ2n) is 10.5. The van der Waals surface area contributed by atoms with Crippen LogP contribution in [0.3, 0.4) is 0 Å². The number of H-pyrrole nitrogens is 1. The van der Waals surface area contributed by atoms with E-state index >= 15 is 0 Å². The van der Waals surface area contributed by atoms with Crippen LogP contribution in [0.5, 0.6) is 0 Å². The van der Waals surface area contributed by atoms with Gasteiger partial charge in [0.15, 0.2) is 11.6 Å². The van der Waals surface area contributed by atoms with Crippen LogP contribution in [0.2, 0.25) is 0 Å². The molecule has 0 amide bonds. The summed E-state index contributed by atoms with van der Waals surface area (Å²) in [4.78, 5) is 30.5. The van der Waals surface area contributed by atoms with Crippen molar-refractivity contribution in [3.05, 3.63) is 39.8 Å². The van der Waals surface area contributed by atoms with Crippen molar-refractivity contribution in [3.8, 4) is 0 Å². The fraction of sp³-hybridized carbons (Fsp3) is 0.630. The average molecular weight is 495 g/mol. The Kier molecular flexibility index (Phi) is 7.79. The van der Waals surface area contributed by atoms with Crippen molar-refractivity contribution in [1.82, 2.24) is 25.1 Å². The minimum atomic E-state index is -0.168. The topological polar surface area (TPSA) is 82.8 Å². The van der Waals surface area contributed by atoms with E-state index in [0.29, 0.717) is 11.9 Å². The predicted molar refractivity (Wildman–Crippen MR) is 148 cm³/mol. The maximum Gasteiger partial charge on any atom is 0.291 e. The minimum absolute atomic E-state index is 0.168. The van der Waals surface area contributed by atoms with Crippen molar-refractivity contribution in [1.29, 1.82) is 0 Å². The Morgan fingerprint density at radius 2 is 1.72 bits per heavy atom. The zero-order chi connectivity index (χ0) is 25.1. The number of piperidine rings is 1. The highest BCUT2D eigenvalue weighted by atomic mass is 16.1. The van der Waals surface area contributed by atoms with Crippen molar-refractivity contribution in [2.24, 2.45) is 0 Å². The van der Waals surface area contributed by atoms with Gasteiger partial charge in [0.2, 0.25) is 0 Å². The highest BCUT2D eigenvalue weighted by Gasteiger charge is 2.27. The largest absolute Gasteiger partial charge is 0.371 e. The molecule has 3 saturated heterocycles. The van der Waals surface area contributed by atoms with Gasteiger partial charge in [-0.3, -0.25) is 9.69 Å². The molecule has 0 unspecified atom stereocenters. The Morgan fingerprint density at radius 3 is 2.39 bits per heavy atom. The third-order valence-corrected chi connectivity index (χ3v) is 8.06. The zero-order valence-corrected chi connectivity index (χ0v) is 22.1. The summed E-state index contributed by atoms with van der Waals surface area (Å²) in [7, 11) is 2.22. The third-order valence-electron chi connectivity index (χ3n) is 8.06. The lowest BCUT2D eigenvalue weighted by Crippen LogP contribution is -2.52. The molecule has 0 radical (unpaired) electrons. The summed E-state index contributed by atoms with van der Waals surface area (Å²) in [5.74, 6) is 1.25. The lowest BCUT2D eigenvalue weighted by molar-refractivity contribution is 0.0982. The van der Waals surface area contributed by atoms with E-state index in [0.717, 1.165) is 62.9 Å². The van der Waals surface area contributed by atoms with Gasteiger partial charge in [-0.25, -0.2) is 4.98 Å². The first kappa shape index (κ1) is 25.0. The quantitative estimate of drug-likeness (QED) is 0.563. The van der Waals surface area contributed by atoms with Gasteiger partial charge < -0.3 is 30.3 Å². The molecule has 9 heteroatoms. The fourth-order valence-electron chi connectivity index (χ4n) is 5.83. The van der Waals surface area contributed by atoms with Crippen LogP contribution in [0.4, 0.5) is 23.0 Å². The highest BCUT2D eigenvalue weighted by Crippen LogP contribution is 2.29. The highest BCUT2D eigenvalue weighted by molar-refractivity contribution is 5.65. The number of aromatic nitrogens is 2. The van der Waals surface area contributed by atoms with Gasteiger partial charge in [-0.2, -0.15) is 0 Å². The lowest BCUT2D eigenvalue weighted by Gasteiger charge is -2.43. The van der Waals surface area contributed by atoms with Crippen LogP contribution in [0.1, 0.15) is 31.0 Å². The SMILES string of the molecule is CCc1[nH]c(=O)c(Nc2ccc(N3CCC(N4CCN(C)CC4)CC3)c(C)c2)nc1N1CCNCC1. The molecule has 1 aromatic carbocycles. The molecule has 0 aliphatic carbocycles. The zero-order valence-electron chi connectivity index (χ0n) is 22.1. The first-order valence-corrected chi connectivity index (χ1v) is 13.7. The van der Waals surface area contributed by atoms with E-state index in [9.17, 15) is 4.79 Å². The molecule has 1 aromatic heterocycles. The number of hydrogen-bond donors (Lipinski definition) is 3. The Morgan fingerprint density at radius 1 is 1.00 bits per heavy atom. The molecular formula is C27H42N8O. The molecule has 0 saturated carbocycles. The fourth-order valence-corrected chi connectivity index (χ4v) is 5.83. The van der Waals surface area contributed by atoms with Crippen molar-refractivity contribution in [3.63, 3.8) is 0 Å². The summed E-state index contributed by atoms with van der Waals surface area (Å²) in [6.07, 6.45) is 3.20. The molecule has 4 heterocycles. The van der Waals surface area contributed by atoms with Gasteiger partial charge >= 0.3 is 0 Å². The molecule has 3 N–H and O–H groups in total. The smallest absolute Gasteiger partial charge is 0.291 e. The number of nitrogens with one attached hydrogen (secondary N) is 3. The van der Waals surface area contributed by atoms with Gasteiger partial charge in [0.05, 0.1) is 5.69 Å². The van der Waals surface area contributed by atoms with Gasteiger partial charge in [-0.15, -0.1) is 0 Å². The van der Waals surface area contributed by atoms with Crippen LogP contribution < -0.4 is 26.0 Å². The van der Waals surface area contributed by atoms with Crippen molar-refractivity contribution in [2.45, 2.75) is 39.2 Å². The average Bonchev–Trinajstić information content (AvgIpc) is 2.91. The van der Waals surface area contributed by atoms with Gasteiger partial charge in [-0.05, 0) is 57.0 Å². The summed E-state index contributed by atoms with van der Waals surface area (Å²) in [6, 6.07) is 7.12.